The molecule has 0 N–H and O–H groups in total. The molecule has 0 saturated carbocycles. The Labute approximate surface area is 203 Å². The minimum Gasteiger partial charge on any atom is -0.362 e. The molecule has 2 aromatic heterocycles. The van der Waals surface area contributed by atoms with Gasteiger partial charge in [-0.25, -0.2) is 9.97 Å². The summed E-state index contributed by atoms with van der Waals surface area (Å²) in [6, 6.07) is 16.4. The van der Waals surface area contributed by atoms with E-state index < -0.39 is 4.92 Å². The standard InChI is InChI=1S/C25H27N7O3/c33-25(31-17-15-30(16-18-31)24-6-2-4-10-27-24)20-7-8-21(22(19-20)32(34)35)28-11-13-29(14-12-28)23-5-1-3-9-26-23/h1-10,19H,11-18H2. The Hall–Kier alpha value is -4.21. The van der Waals surface area contributed by atoms with Crippen LogP contribution in [0.15, 0.2) is 67.0 Å². The normalized spacial score (nSPS) is 16.3. The van der Waals surface area contributed by atoms with Crippen LogP contribution in [0, 0.1) is 10.1 Å². The van der Waals surface area contributed by atoms with Gasteiger partial charge in [-0.1, -0.05) is 12.1 Å². The molecule has 4 heterocycles. The largest absolute Gasteiger partial charge is 0.362 e. The summed E-state index contributed by atoms with van der Waals surface area (Å²) in [5.41, 5.74) is 0.861. The minimum absolute atomic E-state index is 0.0331. The number of pyridine rings is 2. The number of amides is 1. The van der Waals surface area contributed by atoms with E-state index in [4.69, 9.17) is 0 Å². The van der Waals surface area contributed by atoms with Gasteiger partial charge in [-0.15, -0.1) is 0 Å². The lowest BCUT2D eigenvalue weighted by molar-refractivity contribution is -0.384. The van der Waals surface area contributed by atoms with Gasteiger partial charge in [0.25, 0.3) is 11.6 Å². The predicted octanol–water partition coefficient (Wildman–Crippen LogP) is 2.67. The lowest BCUT2D eigenvalue weighted by Crippen LogP contribution is -2.49. The van der Waals surface area contributed by atoms with E-state index in [1.165, 1.54) is 6.07 Å². The van der Waals surface area contributed by atoms with Crippen LogP contribution in [0.5, 0.6) is 0 Å². The molecule has 3 aromatic rings. The first kappa shape index (κ1) is 22.6. The molecule has 1 aromatic carbocycles. The highest BCUT2D eigenvalue weighted by Gasteiger charge is 2.28. The van der Waals surface area contributed by atoms with Crippen molar-refractivity contribution >= 4 is 28.9 Å². The van der Waals surface area contributed by atoms with E-state index in [0.29, 0.717) is 50.5 Å². The van der Waals surface area contributed by atoms with E-state index in [9.17, 15) is 14.9 Å². The van der Waals surface area contributed by atoms with Gasteiger partial charge >= 0.3 is 0 Å². The molecule has 35 heavy (non-hydrogen) atoms. The van der Waals surface area contributed by atoms with Gasteiger partial charge in [0.05, 0.1) is 4.92 Å². The van der Waals surface area contributed by atoms with Gasteiger partial charge in [0.1, 0.15) is 17.3 Å². The van der Waals surface area contributed by atoms with Crippen LogP contribution < -0.4 is 14.7 Å². The average molecular weight is 474 g/mol. The number of carbonyl (C=O) groups excluding carboxylic acids is 1. The fourth-order valence-corrected chi connectivity index (χ4v) is 4.65. The number of hydrogen-bond acceptors (Lipinski definition) is 8. The summed E-state index contributed by atoms with van der Waals surface area (Å²) in [4.78, 5) is 41.5. The van der Waals surface area contributed by atoms with Gasteiger partial charge in [0.15, 0.2) is 0 Å². The maximum absolute atomic E-state index is 13.1. The van der Waals surface area contributed by atoms with Crippen molar-refractivity contribution in [2.75, 3.05) is 67.1 Å². The fraction of sp³-hybridized carbons (Fsp3) is 0.320. The molecule has 2 aliphatic rings. The van der Waals surface area contributed by atoms with E-state index >= 15 is 0 Å². The lowest BCUT2D eigenvalue weighted by Gasteiger charge is -2.36. The summed E-state index contributed by atoms with van der Waals surface area (Å²) < 4.78 is 0. The number of carbonyl (C=O) groups is 1. The first-order chi connectivity index (χ1) is 17.1. The Bertz CT molecular complexity index is 1180. The molecule has 2 fully saturated rings. The van der Waals surface area contributed by atoms with Crippen molar-refractivity contribution < 1.29 is 9.72 Å². The van der Waals surface area contributed by atoms with Crippen LogP contribution in [0.4, 0.5) is 23.0 Å². The molecule has 0 aliphatic carbocycles. The second-order valence-electron chi connectivity index (χ2n) is 8.59. The maximum Gasteiger partial charge on any atom is 0.293 e. The Kier molecular flexibility index (Phi) is 6.42. The Balaban J connectivity index is 1.26. The molecule has 180 valence electrons. The SMILES string of the molecule is O=C(c1ccc(N2CCN(c3ccccn3)CC2)c([N+](=O)[O-])c1)N1CCN(c2ccccn2)CC1. The van der Waals surface area contributed by atoms with E-state index in [-0.39, 0.29) is 11.6 Å². The molecule has 10 heteroatoms. The van der Waals surface area contributed by atoms with Crippen LogP contribution >= 0.6 is 0 Å². The van der Waals surface area contributed by atoms with Gasteiger partial charge in [0, 0.05) is 76.4 Å². The Morgan fingerprint density at radius 2 is 1.29 bits per heavy atom. The number of nitrogens with zero attached hydrogens (tertiary/aromatic N) is 7. The topological polar surface area (TPSA) is 98.9 Å². The van der Waals surface area contributed by atoms with E-state index in [1.807, 2.05) is 41.3 Å². The number of nitro groups is 1. The molecule has 0 spiro atoms. The molecule has 2 aliphatic heterocycles. The van der Waals surface area contributed by atoms with E-state index in [2.05, 4.69) is 19.8 Å². The number of hydrogen-bond donors (Lipinski definition) is 0. The molecule has 0 unspecified atom stereocenters. The smallest absolute Gasteiger partial charge is 0.293 e. The number of aromatic nitrogens is 2. The zero-order valence-electron chi connectivity index (χ0n) is 19.4. The Morgan fingerprint density at radius 1 is 0.743 bits per heavy atom. The summed E-state index contributed by atoms with van der Waals surface area (Å²) >= 11 is 0. The van der Waals surface area contributed by atoms with Gasteiger partial charge in [-0.05, 0) is 36.4 Å². The van der Waals surface area contributed by atoms with Crippen molar-refractivity contribution in [2.24, 2.45) is 0 Å². The summed E-state index contributed by atoms with van der Waals surface area (Å²) in [5.74, 6) is 1.62. The van der Waals surface area contributed by atoms with E-state index in [1.54, 1.807) is 29.4 Å². The molecule has 5 rings (SSSR count). The lowest BCUT2D eigenvalue weighted by atomic mass is 10.1. The first-order valence-electron chi connectivity index (χ1n) is 11.7. The number of piperazine rings is 2. The molecule has 2 saturated heterocycles. The second kappa shape index (κ2) is 9.96. The highest BCUT2D eigenvalue weighted by molar-refractivity contribution is 5.96. The van der Waals surface area contributed by atoms with Crippen LogP contribution in [-0.4, -0.2) is 78.1 Å². The maximum atomic E-state index is 13.1. The highest BCUT2D eigenvalue weighted by Crippen LogP contribution is 2.31. The summed E-state index contributed by atoms with van der Waals surface area (Å²) in [7, 11) is 0. The molecular weight excluding hydrogens is 446 g/mol. The van der Waals surface area contributed by atoms with Crippen molar-refractivity contribution in [3.05, 3.63) is 82.7 Å². The van der Waals surface area contributed by atoms with Gasteiger partial charge in [0.2, 0.25) is 0 Å². The van der Waals surface area contributed by atoms with Crippen LogP contribution in [0.2, 0.25) is 0 Å². The van der Waals surface area contributed by atoms with Crippen LogP contribution in [0.3, 0.4) is 0 Å². The third-order valence-electron chi connectivity index (χ3n) is 6.55. The van der Waals surface area contributed by atoms with Crippen LogP contribution in [0.25, 0.3) is 0 Å². The van der Waals surface area contributed by atoms with Crippen molar-refractivity contribution in [1.82, 2.24) is 14.9 Å². The zero-order chi connectivity index (χ0) is 24.2. The van der Waals surface area contributed by atoms with Gasteiger partial charge in [-0.3, -0.25) is 14.9 Å². The summed E-state index contributed by atoms with van der Waals surface area (Å²) in [5, 5.41) is 11.9. The molecular formula is C25H27N7O3. The van der Waals surface area contributed by atoms with Crippen LogP contribution in [0.1, 0.15) is 10.4 Å². The molecule has 10 nitrogen and oxygen atoms in total. The van der Waals surface area contributed by atoms with Gasteiger partial charge in [-0.2, -0.15) is 0 Å². The zero-order valence-corrected chi connectivity index (χ0v) is 19.4. The first-order valence-corrected chi connectivity index (χ1v) is 11.7. The highest BCUT2D eigenvalue weighted by atomic mass is 16.6. The number of nitro benzene ring substituents is 1. The minimum atomic E-state index is -0.393. The molecule has 0 atom stereocenters. The monoisotopic (exact) mass is 473 g/mol. The van der Waals surface area contributed by atoms with Crippen LogP contribution in [-0.2, 0) is 0 Å². The van der Waals surface area contributed by atoms with E-state index in [0.717, 1.165) is 24.7 Å². The Morgan fingerprint density at radius 3 is 1.80 bits per heavy atom. The van der Waals surface area contributed by atoms with Crippen molar-refractivity contribution in [2.45, 2.75) is 0 Å². The number of anilines is 3. The van der Waals surface area contributed by atoms with Crippen molar-refractivity contribution in [3.63, 3.8) is 0 Å². The third kappa shape index (κ3) is 4.86. The fourth-order valence-electron chi connectivity index (χ4n) is 4.65. The second-order valence-corrected chi connectivity index (χ2v) is 8.59. The summed E-state index contributed by atoms with van der Waals surface area (Å²) in [6.45, 7) is 5.14. The molecule has 0 radical (unpaired) electrons. The molecule has 0 bridgehead atoms. The van der Waals surface area contributed by atoms with Gasteiger partial charge < -0.3 is 19.6 Å². The summed E-state index contributed by atoms with van der Waals surface area (Å²) in [6.07, 6.45) is 3.52. The third-order valence-corrected chi connectivity index (χ3v) is 6.55. The number of rotatable bonds is 5. The predicted molar refractivity (Wildman–Crippen MR) is 134 cm³/mol. The van der Waals surface area contributed by atoms with Crippen molar-refractivity contribution in [1.29, 1.82) is 0 Å². The molecule has 1 amide bonds. The quantitative estimate of drug-likeness (QED) is 0.412. The number of benzene rings is 1. The average Bonchev–Trinajstić information content (AvgIpc) is 2.93. The van der Waals surface area contributed by atoms with Crippen molar-refractivity contribution in [3.8, 4) is 0 Å².